The number of benzene rings is 10. The van der Waals surface area contributed by atoms with Crippen LogP contribution in [-0.4, -0.2) is 0 Å². The van der Waals surface area contributed by atoms with Gasteiger partial charge in [-0.3, -0.25) is 0 Å². The number of para-hydroxylation sites is 2. The highest BCUT2D eigenvalue weighted by Crippen LogP contribution is 2.44. The van der Waals surface area contributed by atoms with Gasteiger partial charge in [0.25, 0.3) is 0 Å². The largest absolute Gasteiger partial charge is 0.456 e. The first kappa shape index (κ1) is 33.6. The number of furan rings is 1. The van der Waals surface area contributed by atoms with Crippen LogP contribution in [-0.2, 0) is 0 Å². The summed E-state index contributed by atoms with van der Waals surface area (Å²) < 4.78 is 6.26. The van der Waals surface area contributed by atoms with Gasteiger partial charge in [-0.1, -0.05) is 176 Å². The second kappa shape index (κ2) is 14.1. The number of fused-ring (bicyclic) bond motifs is 5. The lowest BCUT2D eigenvalue weighted by atomic mass is 9.96. The number of nitrogens with zero attached hydrogens (tertiary/aromatic N) is 1. The molecule has 0 saturated heterocycles. The highest BCUT2D eigenvalue weighted by Gasteiger charge is 2.19. The Labute approximate surface area is 337 Å². The van der Waals surface area contributed by atoms with E-state index in [1.54, 1.807) is 0 Å². The molecule has 1 heterocycles. The van der Waals surface area contributed by atoms with E-state index in [-0.39, 0.29) is 0 Å². The van der Waals surface area contributed by atoms with Crippen LogP contribution in [0.15, 0.2) is 229 Å². The molecule has 11 aromatic rings. The van der Waals surface area contributed by atoms with Gasteiger partial charge in [0.05, 0.1) is 5.69 Å². The summed E-state index contributed by atoms with van der Waals surface area (Å²) >= 11 is 0. The average Bonchev–Trinajstić information content (AvgIpc) is 3.69. The molecule has 2 nitrogen and oxygen atoms in total. The van der Waals surface area contributed by atoms with Gasteiger partial charge in [-0.15, -0.1) is 0 Å². The van der Waals surface area contributed by atoms with E-state index < -0.39 is 0 Å². The number of hydrogen-bond acceptors (Lipinski definition) is 2. The van der Waals surface area contributed by atoms with Crippen LogP contribution < -0.4 is 4.90 Å². The topological polar surface area (TPSA) is 16.4 Å². The van der Waals surface area contributed by atoms with Gasteiger partial charge in [-0.2, -0.15) is 0 Å². The van der Waals surface area contributed by atoms with E-state index in [1.165, 1.54) is 43.8 Å². The molecular weight excluding hydrogens is 703 g/mol. The normalized spacial score (nSPS) is 11.4. The Hall–Kier alpha value is -7.68. The highest BCUT2D eigenvalue weighted by molar-refractivity contribution is 6.12. The Balaban J connectivity index is 1.04. The predicted octanol–water partition coefficient (Wildman–Crippen LogP) is 16.0. The third kappa shape index (κ3) is 5.91. The van der Waals surface area contributed by atoms with Crippen molar-refractivity contribution in [3.05, 3.63) is 224 Å². The van der Waals surface area contributed by atoms with Crippen LogP contribution in [0.3, 0.4) is 0 Å². The lowest BCUT2D eigenvalue weighted by molar-refractivity contribution is 0.669. The molecule has 0 unspecified atom stereocenters. The smallest absolute Gasteiger partial charge is 0.136 e. The van der Waals surface area contributed by atoms with Crippen LogP contribution in [0.25, 0.3) is 88.0 Å². The fraction of sp³-hybridized carbons (Fsp3) is 0. The SMILES string of the molecule is c1cc(-c2cccc3ccccc23)cc(N(c2ccc(-c3cccc4oc5ccccc5c34)cc2)c2ccccc2-c2ccc(-c3ccc4ccccc4c3)cc2)c1. The van der Waals surface area contributed by atoms with Gasteiger partial charge in [0.2, 0.25) is 0 Å². The maximum Gasteiger partial charge on any atom is 0.136 e. The van der Waals surface area contributed by atoms with E-state index in [0.29, 0.717) is 0 Å². The van der Waals surface area contributed by atoms with Crippen molar-refractivity contribution in [2.24, 2.45) is 0 Å². The molecule has 0 aliphatic carbocycles. The molecule has 0 atom stereocenters. The molecule has 0 saturated carbocycles. The summed E-state index contributed by atoms with van der Waals surface area (Å²) in [4.78, 5) is 2.40. The van der Waals surface area contributed by atoms with Crippen molar-refractivity contribution in [3.63, 3.8) is 0 Å². The summed E-state index contributed by atoms with van der Waals surface area (Å²) in [5.74, 6) is 0. The van der Waals surface area contributed by atoms with Crippen LogP contribution in [0.1, 0.15) is 0 Å². The third-order valence-electron chi connectivity index (χ3n) is 11.5. The van der Waals surface area contributed by atoms with E-state index in [2.05, 4.69) is 217 Å². The Morgan fingerprint density at radius 2 is 0.879 bits per heavy atom. The Bertz CT molecular complexity index is 3280. The minimum Gasteiger partial charge on any atom is -0.456 e. The van der Waals surface area contributed by atoms with Crippen molar-refractivity contribution in [2.45, 2.75) is 0 Å². The van der Waals surface area contributed by atoms with Crippen molar-refractivity contribution < 1.29 is 4.42 Å². The first-order valence-electron chi connectivity index (χ1n) is 19.8. The minimum atomic E-state index is 0.898. The van der Waals surface area contributed by atoms with E-state index in [9.17, 15) is 0 Å². The van der Waals surface area contributed by atoms with E-state index in [4.69, 9.17) is 4.42 Å². The molecule has 0 aliphatic rings. The molecule has 2 heteroatoms. The van der Waals surface area contributed by atoms with Gasteiger partial charge >= 0.3 is 0 Å². The van der Waals surface area contributed by atoms with Crippen LogP contribution in [0.4, 0.5) is 17.1 Å². The number of anilines is 3. The van der Waals surface area contributed by atoms with E-state index in [0.717, 1.165) is 61.3 Å². The van der Waals surface area contributed by atoms with E-state index in [1.807, 2.05) is 12.1 Å². The predicted molar refractivity (Wildman–Crippen MR) is 245 cm³/mol. The number of hydrogen-bond donors (Lipinski definition) is 0. The van der Waals surface area contributed by atoms with Crippen LogP contribution in [0.5, 0.6) is 0 Å². The van der Waals surface area contributed by atoms with Gasteiger partial charge < -0.3 is 9.32 Å². The van der Waals surface area contributed by atoms with Crippen molar-refractivity contribution in [3.8, 4) is 44.5 Å². The molecule has 0 N–H and O–H groups in total. The van der Waals surface area contributed by atoms with Crippen molar-refractivity contribution in [1.82, 2.24) is 0 Å². The quantitative estimate of drug-likeness (QED) is 0.162. The summed E-state index contributed by atoms with van der Waals surface area (Å²) in [6, 6.07) is 80.8. The zero-order valence-electron chi connectivity index (χ0n) is 31.7. The third-order valence-corrected chi connectivity index (χ3v) is 11.5. The molecule has 11 rings (SSSR count). The molecular formula is C56H37NO. The first-order chi connectivity index (χ1) is 28.7. The zero-order chi connectivity index (χ0) is 38.4. The lowest BCUT2D eigenvalue weighted by Crippen LogP contribution is -2.11. The summed E-state index contributed by atoms with van der Waals surface area (Å²) in [6.07, 6.45) is 0. The summed E-state index contributed by atoms with van der Waals surface area (Å²) in [6.45, 7) is 0. The molecule has 0 aliphatic heterocycles. The molecule has 0 spiro atoms. The number of rotatable bonds is 7. The Kier molecular flexibility index (Phi) is 8.19. The molecule has 272 valence electrons. The highest BCUT2D eigenvalue weighted by atomic mass is 16.3. The zero-order valence-corrected chi connectivity index (χ0v) is 31.7. The van der Waals surface area contributed by atoms with Crippen molar-refractivity contribution >= 4 is 60.5 Å². The summed E-state index contributed by atoms with van der Waals surface area (Å²) in [5, 5.41) is 7.24. The van der Waals surface area contributed by atoms with Crippen molar-refractivity contribution in [2.75, 3.05) is 4.90 Å². The lowest BCUT2D eigenvalue weighted by Gasteiger charge is -2.28. The maximum absolute atomic E-state index is 6.26. The monoisotopic (exact) mass is 739 g/mol. The van der Waals surface area contributed by atoms with Crippen molar-refractivity contribution in [1.29, 1.82) is 0 Å². The molecule has 10 aromatic carbocycles. The standard InChI is InChI=1S/C56H37NO/c1-2-14-43-36-44(31-28-38(43)12-1)39-26-29-41(30-27-39)50-19-5-7-23-53(50)57(47-17-9-16-45(37-47)49-21-10-15-40-13-3-4-18-48(40)49)46-34-32-42(33-35-46)51-22-11-25-55-56(51)52-20-6-8-24-54(52)58-55/h1-37H. The maximum atomic E-state index is 6.26. The molecule has 0 radical (unpaired) electrons. The van der Waals surface area contributed by atoms with Gasteiger partial charge in [-0.05, 0) is 109 Å². The van der Waals surface area contributed by atoms with Gasteiger partial charge in [0, 0.05) is 27.7 Å². The summed E-state index contributed by atoms with van der Waals surface area (Å²) in [7, 11) is 0. The second-order valence-electron chi connectivity index (χ2n) is 14.9. The van der Waals surface area contributed by atoms with Gasteiger partial charge in [0.1, 0.15) is 11.2 Å². The fourth-order valence-electron chi connectivity index (χ4n) is 8.65. The van der Waals surface area contributed by atoms with Crippen LogP contribution >= 0.6 is 0 Å². The Morgan fingerprint density at radius 1 is 0.293 bits per heavy atom. The van der Waals surface area contributed by atoms with E-state index >= 15 is 0 Å². The van der Waals surface area contributed by atoms with Crippen LogP contribution in [0, 0.1) is 0 Å². The first-order valence-corrected chi connectivity index (χ1v) is 19.8. The minimum absolute atomic E-state index is 0.898. The van der Waals surface area contributed by atoms with Gasteiger partial charge in [0.15, 0.2) is 0 Å². The van der Waals surface area contributed by atoms with Crippen LogP contribution in [0.2, 0.25) is 0 Å². The second-order valence-corrected chi connectivity index (χ2v) is 14.9. The molecule has 0 fully saturated rings. The average molecular weight is 740 g/mol. The Morgan fingerprint density at radius 3 is 1.76 bits per heavy atom. The molecule has 0 bridgehead atoms. The molecule has 1 aromatic heterocycles. The fourth-order valence-corrected chi connectivity index (χ4v) is 8.65. The summed E-state index contributed by atoms with van der Waals surface area (Å²) in [5.41, 5.74) is 14.5. The molecule has 58 heavy (non-hydrogen) atoms. The van der Waals surface area contributed by atoms with Gasteiger partial charge in [-0.25, -0.2) is 0 Å². The molecule has 0 amide bonds.